The van der Waals surface area contributed by atoms with Gasteiger partial charge in [-0.15, -0.1) is 17.8 Å². The molecule has 152 valence electrons. The number of aryl methyl sites for hydroxylation is 2. The Morgan fingerprint density at radius 1 is 1.13 bits per heavy atom. The van der Waals surface area contributed by atoms with E-state index in [0.717, 1.165) is 24.1 Å². The van der Waals surface area contributed by atoms with Gasteiger partial charge in [-0.3, -0.25) is 10.1 Å². The summed E-state index contributed by atoms with van der Waals surface area (Å²) in [6.45, 7) is -0.0961. The van der Waals surface area contributed by atoms with Crippen LogP contribution in [0.2, 0.25) is 0 Å². The number of hydrogen-bond acceptors (Lipinski definition) is 5. The number of thiazole rings is 1. The van der Waals surface area contributed by atoms with Gasteiger partial charge in [-0.2, -0.15) is 4.72 Å². The molecule has 1 amide bonds. The van der Waals surface area contributed by atoms with Crippen LogP contribution in [0.1, 0.15) is 27.9 Å². The molecule has 3 aromatic rings. The maximum atomic E-state index is 12.5. The van der Waals surface area contributed by atoms with Gasteiger partial charge in [-0.05, 0) is 60.7 Å². The van der Waals surface area contributed by atoms with Crippen LogP contribution in [0.3, 0.4) is 0 Å². The molecule has 2 N–H and O–H groups in total. The lowest BCUT2D eigenvalue weighted by molar-refractivity contribution is 0.102. The van der Waals surface area contributed by atoms with Crippen molar-refractivity contribution in [3.63, 3.8) is 0 Å². The number of carbonyl (C=O) groups is 1. The molecule has 8 heteroatoms. The molecule has 1 heterocycles. The summed E-state index contributed by atoms with van der Waals surface area (Å²) in [5, 5.41) is 5.17. The number of nitrogens with zero attached hydrogens (tertiary/aromatic N) is 1. The molecule has 4 rings (SSSR count). The smallest absolute Gasteiger partial charge is 0.257 e. The van der Waals surface area contributed by atoms with Crippen LogP contribution < -0.4 is 10.0 Å². The molecule has 0 radical (unpaired) electrons. The average Bonchev–Trinajstić information content (AvgIpc) is 3.41. The van der Waals surface area contributed by atoms with Crippen LogP contribution in [0.5, 0.6) is 0 Å². The van der Waals surface area contributed by atoms with Crippen molar-refractivity contribution in [1.29, 1.82) is 0 Å². The fourth-order valence-corrected chi connectivity index (χ4v) is 5.02. The van der Waals surface area contributed by atoms with E-state index in [4.69, 9.17) is 6.42 Å². The van der Waals surface area contributed by atoms with E-state index in [-0.39, 0.29) is 17.3 Å². The molecule has 0 fully saturated rings. The fraction of sp³-hybridized carbons (Fsp3) is 0.182. The summed E-state index contributed by atoms with van der Waals surface area (Å²) in [4.78, 5) is 17.1. The van der Waals surface area contributed by atoms with Crippen LogP contribution in [0, 0.1) is 12.3 Å². The quantitative estimate of drug-likeness (QED) is 0.578. The maximum Gasteiger partial charge on any atom is 0.257 e. The maximum absolute atomic E-state index is 12.5. The van der Waals surface area contributed by atoms with Gasteiger partial charge in [0.2, 0.25) is 10.0 Å². The topological polar surface area (TPSA) is 88.2 Å². The normalized spacial score (nSPS) is 12.9. The number of benzene rings is 2. The Kier molecular flexibility index (Phi) is 5.68. The van der Waals surface area contributed by atoms with E-state index in [2.05, 4.69) is 39.1 Å². The van der Waals surface area contributed by atoms with Crippen LogP contribution >= 0.6 is 11.3 Å². The Morgan fingerprint density at radius 3 is 2.67 bits per heavy atom. The zero-order chi connectivity index (χ0) is 21.1. The van der Waals surface area contributed by atoms with Crippen LogP contribution in [0.25, 0.3) is 11.3 Å². The second kappa shape index (κ2) is 8.40. The highest BCUT2D eigenvalue weighted by molar-refractivity contribution is 7.89. The number of nitrogens with one attached hydrogen (secondary N) is 2. The van der Waals surface area contributed by atoms with Gasteiger partial charge >= 0.3 is 0 Å². The number of fused-ring (bicyclic) bond motifs is 1. The van der Waals surface area contributed by atoms with E-state index in [1.165, 1.54) is 53.1 Å². The van der Waals surface area contributed by atoms with Crippen molar-refractivity contribution >= 4 is 32.4 Å². The molecule has 2 aromatic carbocycles. The van der Waals surface area contributed by atoms with Gasteiger partial charge in [-0.25, -0.2) is 13.4 Å². The lowest BCUT2D eigenvalue weighted by Gasteiger charge is -2.06. The molecular formula is C22H19N3O3S2. The van der Waals surface area contributed by atoms with Gasteiger partial charge in [-0.1, -0.05) is 18.1 Å². The largest absolute Gasteiger partial charge is 0.298 e. The SMILES string of the molecule is C#CCNS(=O)(=O)c1ccc(C(=O)Nc2nc(-c3ccc4c(c3)CCC4)cs2)cc1. The summed E-state index contributed by atoms with van der Waals surface area (Å²) >= 11 is 1.35. The molecule has 1 aliphatic rings. The minimum absolute atomic E-state index is 0.0439. The number of carbonyl (C=O) groups excluding carboxylic acids is 1. The number of amides is 1. The summed E-state index contributed by atoms with van der Waals surface area (Å²) in [7, 11) is -3.69. The number of anilines is 1. The molecule has 0 spiro atoms. The van der Waals surface area contributed by atoms with E-state index in [1.54, 1.807) is 0 Å². The van der Waals surface area contributed by atoms with Gasteiger partial charge in [0.15, 0.2) is 5.13 Å². The Labute approximate surface area is 179 Å². The Bertz CT molecular complexity index is 1240. The zero-order valence-electron chi connectivity index (χ0n) is 16.0. The number of sulfonamides is 1. The highest BCUT2D eigenvalue weighted by atomic mass is 32.2. The van der Waals surface area contributed by atoms with Gasteiger partial charge < -0.3 is 0 Å². The number of aromatic nitrogens is 1. The molecule has 1 aromatic heterocycles. The van der Waals surface area contributed by atoms with E-state index in [0.29, 0.717) is 10.7 Å². The van der Waals surface area contributed by atoms with Crippen molar-refractivity contribution in [3.05, 3.63) is 64.5 Å². The first-order valence-electron chi connectivity index (χ1n) is 9.38. The lowest BCUT2D eigenvalue weighted by Crippen LogP contribution is -2.24. The van der Waals surface area contributed by atoms with Gasteiger partial charge in [0.05, 0.1) is 17.1 Å². The van der Waals surface area contributed by atoms with Crippen molar-refractivity contribution in [2.24, 2.45) is 0 Å². The second-order valence-corrected chi connectivity index (χ2v) is 9.51. The molecule has 0 saturated carbocycles. The Morgan fingerprint density at radius 2 is 1.90 bits per heavy atom. The molecule has 6 nitrogen and oxygen atoms in total. The summed E-state index contributed by atoms with van der Waals surface area (Å²) < 4.78 is 26.4. The summed E-state index contributed by atoms with van der Waals surface area (Å²) in [5.41, 5.74) is 4.98. The first kappa shape index (κ1) is 20.3. The standard InChI is InChI=1S/C22H19N3O3S2/c1-2-12-23-30(27,28)19-10-8-16(9-11-19)21(26)25-22-24-20(14-29-22)18-7-6-15-4-3-5-17(15)13-18/h1,6-11,13-14,23H,3-5,12H2,(H,24,25,26). The van der Waals surface area contributed by atoms with E-state index < -0.39 is 10.0 Å². The average molecular weight is 438 g/mol. The highest BCUT2D eigenvalue weighted by Gasteiger charge is 2.16. The van der Waals surface area contributed by atoms with Gasteiger partial charge in [0, 0.05) is 16.5 Å². The lowest BCUT2D eigenvalue weighted by atomic mass is 10.1. The predicted octanol–water partition coefficient (Wildman–Crippen LogP) is 3.46. The molecule has 0 saturated heterocycles. The fourth-order valence-electron chi connectivity index (χ4n) is 3.37. The predicted molar refractivity (Wildman–Crippen MR) is 118 cm³/mol. The minimum atomic E-state index is -3.69. The van der Waals surface area contributed by atoms with Crippen molar-refractivity contribution in [3.8, 4) is 23.6 Å². The summed E-state index contributed by atoms with van der Waals surface area (Å²) in [6.07, 6.45) is 8.50. The zero-order valence-corrected chi connectivity index (χ0v) is 17.6. The highest BCUT2D eigenvalue weighted by Crippen LogP contribution is 2.30. The molecule has 30 heavy (non-hydrogen) atoms. The van der Waals surface area contributed by atoms with E-state index >= 15 is 0 Å². The van der Waals surface area contributed by atoms with Crippen LogP contribution in [-0.2, 0) is 22.9 Å². The summed E-state index contributed by atoms with van der Waals surface area (Å²) in [5.74, 6) is 1.86. The first-order chi connectivity index (χ1) is 14.5. The number of hydrogen-bond donors (Lipinski definition) is 2. The number of rotatable bonds is 6. The molecule has 0 atom stereocenters. The van der Waals surface area contributed by atoms with Crippen LogP contribution in [0.15, 0.2) is 52.7 Å². The van der Waals surface area contributed by atoms with Crippen molar-refractivity contribution in [2.75, 3.05) is 11.9 Å². The van der Waals surface area contributed by atoms with Gasteiger partial charge in [0.1, 0.15) is 0 Å². The third-order valence-corrected chi connectivity index (χ3v) is 7.08. The third-order valence-electron chi connectivity index (χ3n) is 4.91. The Balaban J connectivity index is 1.45. The molecule has 0 aliphatic heterocycles. The molecular weight excluding hydrogens is 418 g/mol. The first-order valence-corrected chi connectivity index (χ1v) is 11.7. The van der Waals surface area contributed by atoms with E-state index in [1.807, 2.05) is 5.38 Å². The monoisotopic (exact) mass is 437 g/mol. The second-order valence-electron chi connectivity index (χ2n) is 6.88. The van der Waals surface area contributed by atoms with Crippen molar-refractivity contribution in [1.82, 2.24) is 9.71 Å². The molecule has 1 aliphatic carbocycles. The van der Waals surface area contributed by atoms with Crippen LogP contribution in [0.4, 0.5) is 5.13 Å². The molecule has 0 unspecified atom stereocenters. The minimum Gasteiger partial charge on any atom is -0.298 e. The van der Waals surface area contributed by atoms with Gasteiger partial charge in [0.25, 0.3) is 5.91 Å². The van der Waals surface area contributed by atoms with Crippen molar-refractivity contribution in [2.45, 2.75) is 24.2 Å². The summed E-state index contributed by atoms with van der Waals surface area (Å²) in [6, 6.07) is 12.0. The van der Waals surface area contributed by atoms with Crippen molar-refractivity contribution < 1.29 is 13.2 Å². The number of terminal acetylenes is 1. The van der Waals surface area contributed by atoms with Crippen LogP contribution in [-0.4, -0.2) is 25.9 Å². The Hall–Kier alpha value is -2.99. The van der Waals surface area contributed by atoms with E-state index in [9.17, 15) is 13.2 Å². The molecule has 0 bridgehead atoms. The third kappa shape index (κ3) is 4.28.